The van der Waals surface area contributed by atoms with Crippen LogP contribution in [0.1, 0.15) is 17.7 Å². The predicted octanol–water partition coefficient (Wildman–Crippen LogP) is 1.11. The van der Waals surface area contributed by atoms with Gasteiger partial charge in [-0.3, -0.25) is 9.88 Å². The molecule has 4 rings (SSSR count). The zero-order chi connectivity index (χ0) is 17.9. The summed E-state index contributed by atoms with van der Waals surface area (Å²) in [4.78, 5) is 18.1. The molecule has 138 valence electrons. The largest absolute Gasteiger partial charge is 0.379 e. The van der Waals surface area contributed by atoms with Crippen molar-refractivity contribution < 1.29 is 9.84 Å². The first kappa shape index (κ1) is 17.3. The molecule has 1 aliphatic carbocycles. The molecule has 1 fully saturated rings. The average molecular weight is 355 g/mol. The number of nitrogens with zero attached hydrogens (tertiary/aromatic N) is 5. The molecule has 1 saturated heterocycles. The molecular formula is C19H25N5O2. The Morgan fingerprint density at radius 3 is 2.85 bits per heavy atom. The van der Waals surface area contributed by atoms with Gasteiger partial charge in [-0.05, 0) is 31.4 Å². The molecule has 0 saturated carbocycles. The van der Waals surface area contributed by atoms with Gasteiger partial charge in [-0.2, -0.15) is 0 Å². The van der Waals surface area contributed by atoms with E-state index in [1.807, 2.05) is 25.2 Å². The Hall–Kier alpha value is -2.09. The second kappa shape index (κ2) is 7.65. The number of fused-ring (bicyclic) bond motifs is 1. The Bertz CT molecular complexity index is 749. The molecule has 1 aliphatic heterocycles. The molecule has 2 aliphatic rings. The normalized spacial score (nSPS) is 18.5. The van der Waals surface area contributed by atoms with Gasteiger partial charge in [0, 0.05) is 37.6 Å². The van der Waals surface area contributed by atoms with E-state index >= 15 is 0 Å². The lowest BCUT2D eigenvalue weighted by atomic mass is 10.2. The Morgan fingerprint density at radius 1 is 1.23 bits per heavy atom. The first-order valence-electron chi connectivity index (χ1n) is 9.24. The number of rotatable bonds is 5. The fraction of sp³-hybridized carbons (Fsp3) is 0.526. The number of morpholine rings is 1. The van der Waals surface area contributed by atoms with Crippen LogP contribution < -0.4 is 4.90 Å². The summed E-state index contributed by atoms with van der Waals surface area (Å²) < 4.78 is 5.37. The van der Waals surface area contributed by atoms with Crippen molar-refractivity contribution in [1.29, 1.82) is 0 Å². The van der Waals surface area contributed by atoms with Crippen molar-refractivity contribution >= 4 is 5.82 Å². The summed E-state index contributed by atoms with van der Waals surface area (Å²) in [6.45, 7) is 3.37. The number of aryl methyl sites for hydroxylation is 1. The van der Waals surface area contributed by atoms with Gasteiger partial charge in [-0.25, -0.2) is 9.97 Å². The number of ether oxygens (including phenoxy) is 1. The summed E-state index contributed by atoms with van der Waals surface area (Å²) in [6, 6.07) is 5.77. The third kappa shape index (κ3) is 3.56. The molecule has 2 aromatic rings. The van der Waals surface area contributed by atoms with Crippen LogP contribution in [0.25, 0.3) is 11.5 Å². The van der Waals surface area contributed by atoms with Gasteiger partial charge in [-0.1, -0.05) is 6.07 Å². The van der Waals surface area contributed by atoms with E-state index in [4.69, 9.17) is 14.7 Å². The lowest BCUT2D eigenvalue weighted by Crippen LogP contribution is -2.48. The van der Waals surface area contributed by atoms with Crippen LogP contribution in [-0.2, 0) is 17.6 Å². The Labute approximate surface area is 153 Å². The molecule has 0 radical (unpaired) electrons. The highest BCUT2D eigenvalue weighted by Gasteiger charge is 2.25. The van der Waals surface area contributed by atoms with E-state index in [2.05, 4.69) is 14.8 Å². The lowest BCUT2D eigenvalue weighted by Gasteiger charge is -2.34. The SMILES string of the molecule is CN(CC(O)N1CCOCC1)c1nc(-c2ccccn2)nc2c1CCC2. The molecule has 7 nitrogen and oxygen atoms in total. The summed E-state index contributed by atoms with van der Waals surface area (Å²) >= 11 is 0. The fourth-order valence-electron chi connectivity index (χ4n) is 3.66. The van der Waals surface area contributed by atoms with Crippen LogP contribution >= 0.6 is 0 Å². The van der Waals surface area contributed by atoms with Crippen LogP contribution in [0.5, 0.6) is 0 Å². The van der Waals surface area contributed by atoms with Crippen LogP contribution in [-0.4, -0.2) is 71.1 Å². The molecule has 0 bridgehead atoms. The van der Waals surface area contributed by atoms with Gasteiger partial charge in [0.1, 0.15) is 17.7 Å². The molecule has 3 heterocycles. The Kier molecular flexibility index (Phi) is 5.10. The van der Waals surface area contributed by atoms with E-state index in [1.54, 1.807) is 6.20 Å². The third-order valence-corrected chi connectivity index (χ3v) is 5.07. The van der Waals surface area contributed by atoms with Crippen molar-refractivity contribution in [2.24, 2.45) is 0 Å². The zero-order valence-corrected chi connectivity index (χ0v) is 15.1. The van der Waals surface area contributed by atoms with Crippen molar-refractivity contribution in [3.05, 3.63) is 35.7 Å². The third-order valence-electron chi connectivity index (χ3n) is 5.07. The minimum atomic E-state index is -0.533. The number of likely N-dealkylation sites (N-methyl/N-ethyl adjacent to an activating group) is 1. The molecule has 1 N–H and O–H groups in total. The van der Waals surface area contributed by atoms with E-state index in [0.717, 1.165) is 49.6 Å². The van der Waals surface area contributed by atoms with Crippen molar-refractivity contribution in [2.75, 3.05) is 44.8 Å². The van der Waals surface area contributed by atoms with E-state index < -0.39 is 6.23 Å². The molecular weight excluding hydrogens is 330 g/mol. The van der Waals surface area contributed by atoms with Crippen LogP contribution in [0.15, 0.2) is 24.4 Å². The molecule has 7 heteroatoms. The number of aromatic nitrogens is 3. The highest BCUT2D eigenvalue weighted by Crippen LogP contribution is 2.30. The summed E-state index contributed by atoms with van der Waals surface area (Å²) in [7, 11) is 1.99. The van der Waals surface area contributed by atoms with Crippen molar-refractivity contribution in [3.63, 3.8) is 0 Å². The molecule has 0 aromatic carbocycles. The van der Waals surface area contributed by atoms with Gasteiger partial charge in [-0.15, -0.1) is 0 Å². The van der Waals surface area contributed by atoms with Gasteiger partial charge in [0.2, 0.25) is 0 Å². The molecule has 2 aromatic heterocycles. The van der Waals surface area contributed by atoms with Crippen LogP contribution in [0.3, 0.4) is 0 Å². The van der Waals surface area contributed by atoms with Gasteiger partial charge in [0.25, 0.3) is 0 Å². The number of pyridine rings is 1. The average Bonchev–Trinajstić information content (AvgIpc) is 3.17. The lowest BCUT2D eigenvalue weighted by molar-refractivity contribution is -0.0537. The Balaban J connectivity index is 1.59. The summed E-state index contributed by atoms with van der Waals surface area (Å²) in [6.07, 6.45) is 4.30. The molecule has 1 unspecified atom stereocenters. The highest BCUT2D eigenvalue weighted by atomic mass is 16.5. The van der Waals surface area contributed by atoms with Gasteiger partial charge >= 0.3 is 0 Å². The van der Waals surface area contributed by atoms with Crippen molar-refractivity contribution in [3.8, 4) is 11.5 Å². The maximum Gasteiger partial charge on any atom is 0.180 e. The van der Waals surface area contributed by atoms with Gasteiger partial charge < -0.3 is 14.7 Å². The second-order valence-corrected chi connectivity index (χ2v) is 6.87. The zero-order valence-electron chi connectivity index (χ0n) is 15.1. The fourth-order valence-corrected chi connectivity index (χ4v) is 3.66. The van der Waals surface area contributed by atoms with Gasteiger partial charge in [0.15, 0.2) is 5.82 Å². The molecule has 0 spiro atoms. The highest BCUT2D eigenvalue weighted by molar-refractivity contribution is 5.58. The van der Waals surface area contributed by atoms with E-state index in [-0.39, 0.29) is 0 Å². The molecule has 1 atom stereocenters. The summed E-state index contributed by atoms with van der Waals surface area (Å²) in [5.74, 6) is 1.58. The van der Waals surface area contributed by atoms with Crippen LogP contribution in [0.2, 0.25) is 0 Å². The van der Waals surface area contributed by atoms with Crippen LogP contribution in [0.4, 0.5) is 5.82 Å². The Morgan fingerprint density at radius 2 is 2.08 bits per heavy atom. The maximum atomic E-state index is 10.6. The maximum absolute atomic E-state index is 10.6. The van der Waals surface area contributed by atoms with Gasteiger partial charge in [0.05, 0.1) is 19.8 Å². The monoisotopic (exact) mass is 355 g/mol. The van der Waals surface area contributed by atoms with E-state index in [0.29, 0.717) is 25.6 Å². The first-order valence-corrected chi connectivity index (χ1v) is 9.24. The topological polar surface area (TPSA) is 74.6 Å². The summed E-state index contributed by atoms with van der Waals surface area (Å²) in [5.41, 5.74) is 3.11. The molecule has 26 heavy (non-hydrogen) atoms. The number of hydrogen-bond donors (Lipinski definition) is 1. The minimum Gasteiger partial charge on any atom is -0.379 e. The predicted molar refractivity (Wildman–Crippen MR) is 99.0 cm³/mol. The summed E-state index contributed by atoms with van der Waals surface area (Å²) in [5, 5.41) is 10.6. The van der Waals surface area contributed by atoms with E-state index in [1.165, 1.54) is 5.56 Å². The number of anilines is 1. The van der Waals surface area contributed by atoms with E-state index in [9.17, 15) is 5.11 Å². The minimum absolute atomic E-state index is 0.505. The standard InChI is InChI=1S/C19H25N5O2/c1-23(13-17(25)24-9-11-26-12-10-24)19-14-5-4-7-15(14)21-18(22-19)16-6-2-3-8-20-16/h2-3,6,8,17,25H,4-5,7,9-13H2,1H3. The smallest absolute Gasteiger partial charge is 0.180 e. The second-order valence-electron chi connectivity index (χ2n) is 6.87. The van der Waals surface area contributed by atoms with Crippen molar-refractivity contribution in [2.45, 2.75) is 25.5 Å². The molecule has 0 amide bonds. The number of aliphatic hydroxyl groups is 1. The number of hydrogen-bond acceptors (Lipinski definition) is 7. The first-order chi connectivity index (χ1) is 12.7. The quantitative estimate of drug-likeness (QED) is 0.861. The van der Waals surface area contributed by atoms with Crippen LogP contribution in [0, 0.1) is 0 Å². The number of aliphatic hydroxyl groups excluding tert-OH is 1. The van der Waals surface area contributed by atoms with Crippen molar-refractivity contribution in [1.82, 2.24) is 19.9 Å².